The van der Waals surface area contributed by atoms with E-state index in [9.17, 15) is 5.11 Å². The quantitative estimate of drug-likeness (QED) is 0.812. The first-order chi connectivity index (χ1) is 8.60. The van der Waals surface area contributed by atoms with Crippen molar-refractivity contribution in [1.29, 1.82) is 0 Å². The second-order valence-corrected chi connectivity index (χ2v) is 5.30. The van der Waals surface area contributed by atoms with Crippen LogP contribution >= 0.6 is 15.9 Å². The minimum Gasteiger partial charge on any atom is -0.395 e. The molecule has 0 saturated carbocycles. The fraction of sp³-hybridized carbons (Fsp3) is 0.571. The van der Waals surface area contributed by atoms with Gasteiger partial charge in [0, 0.05) is 23.2 Å². The van der Waals surface area contributed by atoms with Crippen molar-refractivity contribution in [3.8, 4) is 0 Å². The Kier molecular flexibility index (Phi) is 6.68. The van der Waals surface area contributed by atoms with Gasteiger partial charge in [-0.2, -0.15) is 0 Å². The van der Waals surface area contributed by atoms with Crippen molar-refractivity contribution in [3.05, 3.63) is 28.2 Å². The summed E-state index contributed by atoms with van der Waals surface area (Å²) in [5.74, 6) is 0. The number of hydrogen-bond acceptors (Lipinski definition) is 3. The standard InChI is InChI=1S/C14H22BrNO2/c1-3-4-7-16(8-9-17)12-5-6-13(11(2)18)14(15)10-12/h5-6,10-11,17-18H,3-4,7-9H2,1-2H3/t11-/m1/s1. The fourth-order valence-corrected chi connectivity index (χ4v) is 2.59. The van der Waals surface area contributed by atoms with Gasteiger partial charge in [-0.15, -0.1) is 0 Å². The van der Waals surface area contributed by atoms with Crippen LogP contribution in [0.2, 0.25) is 0 Å². The van der Waals surface area contributed by atoms with Gasteiger partial charge >= 0.3 is 0 Å². The number of rotatable bonds is 7. The van der Waals surface area contributed by atoms with Gasteiger partial charge in [-0.1, -0.05) is 35.3 Å². The third-order valence-electron chi connectivity index (χ3n) is 2.95. The van der Waals surface area contributed by atoms with Gasteiger partial charge in [-0.25, -0.2) is 0 Å². The number of halogens is 1. The lowest BCUT2D eigenvalue weighted by molar-refractivity contribution is 0.198. The molecule has 0 unspecified atom stereocenters. The van der Waals surface area contributed by atoms with Crippen molar-refractivity contribution in [2.45, 2.75) is 32.8 Å². The molecule has 0 aliphatic heterocycles. The van der Waals surface area contributed by atoms with E-state index in [-0.39, 0.29) is 6.61 Å². The molecule has 0 fully saturated rings. The van der Waals surface area contributed by atoms with Crippen LogP contribution in [-0.2, 0) is 0 Å². The van der Waals surface area contributed by atoms with Crippen LogP contribution in [0.15, 0.2) is 22.7 Å². The molecule has 0 heterocycles. The van der Waals surface area contributed by atoms with Crippen molar-refractivity contribution in [3.63, 3.8) is 0 Å². The van der Waals surface area contributed by atoms with E-state index in [1.165, 1.54) is 0 Å². The summed E-state index contributed by atoms with van der Waals surface area (Å²) in [5, 5.41) is 18.7. The third kappa shape index (κ3) is 4.26. The summed E-state index contributed by atoms with van der Waals surface area (Å²) < 4.78 is 0.912. The number of unbranched alkanes of at least 4 members (excludes halogenated alkanes) is 1. The van der Waals surface area contributed by atoms with Gasteiger partial charge in [0.2, 0.25) is 0 Å². The molecule has 2 N–H and O–H groups in total. The van der Waals surface area contributed by atoms with Crippen LogP contribution in [0.1, 0.15) is 38.4 Å². The van der Waals surface area contributed by atoms with Crippen LogP contribution in [0.3, 0.4) is 0 Å². The highest BCUT2D eigenvalue weighted by Gasteiger charge is 2.10. The second kappa shape index (κ2) is 7.77. The van der Waals surface area contributed by atoms with Crippen molar-refractivity contribution >= 4 is 21.6 Å². The van der Waals surface area contributed by atoms with E-state index >= 15 is 0 Å². The molecule has 1 aromatic carbocycles. The zero-order valence-corrected chi connectivity index (χ0v) is 12.7. The molecule has 3 nitrogen and oxygen atoms in total. The Labute approximate surface area is 118 Å². The van der Waals surface area contributed by atoms with E-state index in [1.807, 2.05) is 18.2 Å². The lowest BCUT2D eigenvalue weighted by Crippen LogP contribution is -2.27. The van der Waals surface area contributed by atoms with Gasteiger partial charge in [0.25, 0.3) is 0 Å². The largest absolute Gasteiger partial charge is 0.395 e. The van der Waals surface area contributed by atoms with Gasteiger partial charge in [0.15, 0.2) is 0 Å². The Bertz CT molecular complexity index is 369. The molecular weight excluding hydrogens is 294 g/mol. The summed E-state index contributed by atoms with van der Waals surface area (Å²) in [6, 6.07) is 5.94. The summed E-state index contributed by atoms with van der Waals surface area (Å²) in [4.78, 5) is 2.17. The number of aliphatic hydroxyl groups is 2. The maximum atomic E-state index is 9.60. The molecule has 1 atom stereocenters. The van der Waals surface area contributed by atoms with Crippen LogP contribution < -0.4 is 4.90 Å². The Morgan fingerprint density at radius 1 is 1.33 bits per heavy atom. The summed E-state index contributed by atoms with van der Waals surface area (Å²) in [6.07, 6.45) is 1.76. The fourth-order valence-electron chi connectivity index (χ4n) is 1.89. The Balaban J connectivity index is 2.88. The van der Waals surface area contributed by atoms with Crippen LogP contribution in [0.5, 0.6) is 0 Å². The minimum atomic E-state index is -0.477. The van der Waals surface area contributed by atoms with Crippen molar-refractivity contribution in [2.24, 2.45) is 0 Å². The maximum absolute atomic E-state index is 9.60. The number of aliphatic hydroxyl groups excluding tert-OH is 2. The normalized spacial score (nSPS) is 12.5. The molecule has 0 bridgehead atoms. The monoisotopic (exact) mass is 315 g/mol. The minimum absolute atomic E-state index is 0.152. The predicted octanol–water partition coefficient (Wildman–Crippen LogP) is 3.10. The predicted molar refractivity (Wildman–Crippen MR) is 79.0 cm³/mol. The maximum Gasteiger partial charge on any atom is 0.0772 e. The molecule has 0 amide bonds. The first-order valence-electron chi connectivity index (χ1n) is 6.43. The van der Waals surface area contributed by atoms with Gasteiger partial charge in [0.05, 0.1) is 12.7 Å². The molecule has 1 aromatic rings. The number of hydrogen-bond donors (Lipinski definition) is 2. The van der Waals surface area contributed by atoms with E-state index in [0.29, 0.717) is 6.54 Å². The highest BCUT2D eigenvalue weighted by molar-refractivity contribution is 9.10. The molecule has 0 radical (unpaired) electrons. The summed E-state index contributed by atoms with van der Waals surface area (Å²) >= 11 is 3.49. The van der Waals surface area contributed by atoms with E-state index in [1.54, 1.807) is 6.92 Å². The second-order valence-electron chi connectivity index (χ2n) is 4.45. The molecular formula is C14H22BrNO2. The molecule has 0 spiro atoms. The molecule has 18 heavy (non-hydrogen) atoms. The van der Waals surface area contributed by atoms with Crippen LogP contribution in [0.4, 0.5) is 5.69 Å². The smallest absolute Gasteiger partial charge is 0.0772 e. The Hall–Kier alpha value is -0.580. The molecule has 0 aliphatic carbocycles. The van der Waals surface area contributed by atoms with Gasteiger partial charge in [-0.05, 0) is 31.0 Å². The van der Waals surface area contributed by atoms with Gasteiger partial charge in [0.1, 0.15) is 0 Å². The summed E-state index contributed by atoms with van der Waals surface area (Å²) in [5.41, 5.74) is 1.96. The van der Waals surface area contributed by atoms with Gasteiger partial charge in [-0.3, -0.25) is 0 Å². The SMILES string of the molecule is CCCCN(CCO)c1ccc([C@@H](C)O)c(Br)c1. The van der Waals surface area contributed by atoms with Crippen molar-refractivity contribution < 1.29 is 10.2 Å². The average molecular weight is 316 g/mol. The van der Waals surface area contributed by atoms with Crippen LogP contribution in [0, 0.1) is 0 Å². The van der Waals surface area contributed by atoms with E-state index in [2.05, 4.69) is 27.8 Å². The topological polar surface area (TPSA) is 43.7 Å². The molecule has 0 saturated heterocycles. The first kappa shape index (κ1) is 15.5. The van der Waals surface area contributed by atoms with E-state index < -0.39 is 6.10 Å². The highest BCUT2D eigenvalue weighted by Crippen LogP contribution is 2.28. The van der Waals surface area contributed by atoms with E-state index in [4.69, 9.17) is 5.11 Å². The molecule has 0 aliphatic rings. The Morgan fingerprint density at radius 2 is 2.06 bits per heavy atom. The zero-order valence-electron chi connectivity index (χ0n) is 11.1. The molecule has 102 valence electrons. The average Bonchev–Trinajstić information content (AvgIpc) is 2.33. The van der Waals surface area contributed by atoms with Crippen LogP contribution in [-0.4, -0.2) is 29.9 Å². The highest BCUT2D eigenvalue weighted by atomic mass is 79.9. The lowest BCUT2D eigenvalue weighted by Gasteiger charge is -2.24. The summed E-state index contributed by atoms with van der Waals surface area (Å²) in [7, 11) is 0. The van der Waals surface area contributed by atoms with Gasteiger partial charge < -0.3 is 15.1 Å². The number of anilines is 1. The van der Waals surface area contributed by atoms with E-state index in [0.717, 1.165) is 35.1 Å². The molecule has 1 rings (SSSR count). The third-order valence-corrected chi connectivity index (χ3v) is 3.64. The molecule has 4 heteroatoms. The molecule has 0 aromatic heterocycles. The Morgan fingerprint density at radius 3 is 2.56 bits per heavy atom. The van der Waals surface area contributed by atoms with Crippen molar-refractivity contribution in [2.75, 3.05) is 24.6 Å². The lowest BCUT2D eigenvalue weighted by atomic mass is 10.1. The first-order valence-corrected chi connectivity index (χ1v) is 7.22. The number of benzene rings is 1. The van der Waals surface area contributed by atoms with Crippen molar-refractivity contribution in [1.82, 2.24) is 0 Å². The zero-order chi connectivity index (χ0) is 13.5. The van der Waals surface area contributed by atoms with Crippen LogP contribution in [0.25, 0.3) is 0 Å². The summed E-state index contributed by atoms with van der Waals surface area (Å²) in [6.45, 7) is 5.64. The number of nitrogens with zero attached hydrogens (tertiary/aromatic N) is 1.